The summed E-state index contributed by atoms with van der Waals surface area (Å²) in [7, 11) is 0. The van der Waals surface area contributed by atoms with E-state index >= 15 is 0 Å². The first-order chi connectivity index (χ1) is 10.3. The van der Waals surface area contributed by atoms with E-state index in [-0.39, 0.29) is 12.1 Å². The van der Waals surface area contributed by atoms with Crippen LogP contribution in [0.4, 0.5) is 0 Å². The Morgan fingerprint density at radius 3 is 3.19 bits per heavy atom. The van der Waals surface area contributed by atoms with Crippen LogP contribution >= 0.6 is 0 Å². The summed E-state index contributed by atoms with van der Waals surface area (Å²) in [6.45, 7) is 5.85. The number of hydrazine groups is 1. The second-order valence-corrected chi connectivity index (χ2v) is 5.39. The monoisotopic (exact) mass is 286 g/mol. The van der Waals surface area contributed by atoms with Crippen molar-refractivity contribution in [1.82, 2.24) is 15.3 Å². The zero-order valence-corrected chi connectivity index (χ0v) is 12.3. The van der Waals surface area contributed by atoms with E-state index in [1.807, 2.05) is 24.5 Å². The summed E-state index contributed by atoms with van der Waals surface area (Å²) in [5, 5.41) is 2.30. The van der Waals surface area contributed by atoms with Crippen LogP contribution in [0.1, 0.15) is 18.5 Å². The molecule has 2 heterocycles. The Morgan fingerprint density at radius 2 is 2.38 bits per heavy atom. The van der Waals surface area contributed by atoms with Crippen LogP contribution in [-0.2, 0) is 4.74 Å². The van der Waals surface area contributed by atoms with Crippen molar-refractivity contribution >= 4 is 10.8 Å². The second kappa shape index (κ2) is 6.49. The maximum atomic E-state index is 5.97. The molecule has 1 fully saturated rings. The molecule has 0 radical (unpaired) electrons. The van der Waals surface area contributed by atoms with Gasteiger partial charge in [0.2, 0.25) is 0 Å². The van der Waals surface area contributed by atoms with Gasteiger partial charge in [0.25, 0.3) is 0 Å². The van der Waals surface area contributed by atoms with Gasteiger partial charge in [-0.15, -0.1) is 0 Å². The summed E-state index contributed by atoms with van der Waals surface area (Å²) in [4.78, 5) is 6.58. The third-order valence-corrected chi connectivity index (χ3v) is 4.23. The number of pyridine rings is 1. The van der Waals surface area contributed by atoms with Crippen molar-refractivity contribution < 1.29 is 4.74 Å². The maximum Gasteiger partial charge on any atom is 0.0910 e. The third kappa shape index (κ3) is 2.91. The van der Waals surface area contributed by atoms with Gasteiger partial charge in [-0.1, -0.05) is 25.1 Å². The smallest absolute Gasteiger partial charge is 0.0910 e. The van der Waals surface area contributed by atoms with Gasteiger partial charge in [0, 0.05) is 30.9 Å². The molecule has 0 saturated carbocycles. The Labute approximate surface area is 125 Å². The lowest BCUT2D eigenvalue weighted by atomic mass is 9.95. The molecule has 1 aromatic heterocycles. The largest absolute Gasteiger partial charge is 0.374 e. The van der Waals surface area contributed by atoms with Crippen LogP contribution in [0.2, 0.25) is 0 Å². The Balaban J connectivity index is 1.94. The average molecular weight is 286 g/mol. The lowest BCUT2D eigenvalue weighted by molar-refractivity contribution is -0.0454. The normalized spacial score (nSPS) is 21.5. The van der Waals surface area contributed by atoms with Crippen LogP contribution in [0.15, 0.2) is 36.7 Å². The van der Waals surface area contributed by atoms with Crippen molar-refractivity contribution in [2.24, 2.45) is 5.84 Å². The van der Waals surface area contributed by atoms with Crippen molar-refractivity contribution in [3.8, 4) is 0 Å². The number of hydrogen-bond acceptors (Lipinski definition) is 5. The first-order valence-electron chi connectivity index (χ1n) is 7.46. The lowest BCUT2D eigenvalue weighted by Gasteiger charge is -2.36. The zero-order valence-electron chi connectivity index (χ0n) is 12.3. The van der Waals surface area contributed by atoms with Gasteiger partial charge in [0.05, 0.1) is 18.8 Å². The van der Waals surface area contributed by atoms with E-state index in [9.17, 15) is 0 Å². The molecule has 21 heavy (non-hydrogen) atoms. The number of ether oxygens (including phenoxy) is 1. The number of benzene rings is 1. The molecule has 0 amide bonds. The number of nitrogens with zero attached hydrogens (tertiary/aromatic N) is 2. The highest BCUT2D eigenvalue weighted by Gasteiger charge is 2.29. The zero-order chi connectivity index (χ0) is 14.7. The summed E-state index contributed by atoms with van der Waals surface area (Å²) in [5.41, 5.74) is 4.12. The number of morpholine rings is 1. The number of rotatable bonds is 4. The van der Waals surface area contributed by atoms with E-state index in [4.69, 9.17) is 10.6 Å². The van der Waals surface area contributed by atoms with Crippen LogP contribution in [0, 0.1) is 0 Å². The summed E-state index contributed by atoms with van der Waals surface area (Å²) >= 11 is 0. The Morgan fingerprint density at radius 1 is 1.48 bits per heavy atom. The molecule has 1 aliphatic heterocycles. The minimum Gasteiger partial charge on any atom is -0.374 e. The van der Waals surface area contributed by atoms with Crippen molar-refractivity contribution in [2.45, 2.75) is 19.1 Å². The topological polar surface area (TPSA) is 63.4 Å². The summed E-state index contributed by atoms with van der Waals surface area (Å²) in [6, 6.07) is 8.24. The van der Waals surface area contributed by atoms with E-state index in [0.29, 0.717) is 0 Å². The average Bonchev–Trinajstić information content (AvgIpc) is 2.56. The Kier molecular flexibility index (Phi) is 4.45. The van der Waals surface area contributed by atoms with Gasteiger partial charge >= 0.3 is 0 Å². The highest BCUT2D eigenvalue weighted by atomic mass is 16.5. The van der Waals surface area contributed by atoms with Crippen LogP contribution in [0.5, 0.6) is 0 Å². The van der Waals surface area contributed by atoms with Gasteiger partial charge in [0.15, 0.2) is 0 Å². The van der Waals surface area contributed by atoms with Crippen molar-refractivity contribution in [3.05, 3.63) is 42.2 Å². The molecule has 3 N–H and O–H groups in total. The molecular formula is C16H22N4O. The number of aromatic nitrogens is 1. The molecule has 3 rings (SSSR count). The lowest BCUT2D eigenvalue weighted by Crippen LogP contribution is -2.49. The molecule has 5 heteroatoms. The number of nitrogens with two attached hydrogens (primary N) is 1. The Bertz CT molecular complexity index is 598. The molecule has 112 valence electrons. The quantitative estimate of drug-likeness (QED) is 0.658. The molecule has 1 aliphatic rings. The number of nitrogens with one attached hydrogen (secondary N) is 1. The third-order valence-electron chi connectivity index (χ3n) is 4.23. The number of likely N-dealkylation sites (N-methyl/N-ethyl adjacent to an activating group) is 1. The fourth-order valence-electron chi connectivity index (χ4n) is 3.04. The van der Waals surface area contributed by atoms with Gasteiger partial charge in [-0.25, -0.2) is 0 Å². The SMILES string of the molecule is CCN1CCOC(C(NN)c2cccc3cnccc23)C1. The maximum absolute atomic E-state index is 5.97. The van der Waals surface area contributed by atoms with E-state index in [0.717, 1.165) is 31.6 Å². The molecule has 0 bridgehead atoms. The number of fused-ring (bicyclic) bond motifs is 1. The van der Waals surface area contributed by atoms with E-state index in [1.54, 1.807) is 0 Å². The fourth-order valence-corrected chi connectivity index (χ4v) is 3.04. The minimum absolute atomic E-state index is 0.0227. The van der Waals surface area contributed by atoms with E-state index in [1.165, 1.54) is 10.9 Å². The highest BCUT2D eigenvalue weighted by Crippen LogP contribution is 2.28. The predicted octanol–water partition coefficient (Wildman–Crippen LogP) is 1.46. The predicted molar refractivity (Wildman–Crippen MR) is 83.7 cm³/mol. The summed E-state index contributed by atoms with van der Waals surface area (Å²) < 4.78 is 5.97. The first kappa shape index (κ1) is 14.4. The molecule has 1 saturated heterocycles. The van der Waals surface area contributed by atoms with E-state index < -0.39 is 0 Å². The van der Waals surface area contributed by atoms with Gasteiger partial charge in [-0.05, 0) is 23.6 Å². The van der Waals surface area contributed by atoms with Crippen molar-refractivity contribution in [1.29, 1.82) is 0 Å². The van der Waals surface area contributed by atoms with Gasteiger partial charge < -0.3 is 4.74 Å². The molecule has 1 aromatic carbocycles. The fraction of sp³-hybridized carbons (Fsp3) is 0.438. The van der Waals surface area contributed by atoms with Crippen molar-refractivity contribution in [3.63, 3.8) is 0 Å². The van der Waals surface area contributed by atoms with Gasteiger partial charge in [0.1, 0.15) is 0 Å². The summed E-state index contributed by atoms with van der Waals surface area (Å²) in [6.07, 6.45) is 3.76. The summed E-state index contributed by atoms with van der Waals surface area (Å²) in [5.74, 6) is 5.85. The van der Waals surface area contributed by atoms with E-state index in [2.05, 4.69) is 34.4 Å². The molecule has 0 aliphatic carbocycles. The van der Waals surface area contributed by atoms with Crippen LogP contribution < -0.4 is 11.3 Å². The first-order valence-corrected chi connectivity index (χ1v) is 7.46. The second-order valence-electron chi connectivity index (χ2n) is 5.39. The van der Waals surface area contributed by atoms with Crippen LogP contribution in [0.3, 0.4) is 0 Å². The standard InChI is InChI=1S/C16H22N4O/c1-2-20-8-9-21-15(11-20)16(19-17)14-5-3-4-12-10-18-7-6-13(12)14/h3-7,10,15-16,19H,2,8-9,11,17H2,1H3. The highest BCUT2D eigenvalue weighted by molar-refractivity contribution is 5.85. The minimum atomic E-state index is -0.0227. The molecule has 2 unspecified atom stereocenters. The molecule has 2 aromatic rings. The molecule has 0 spiro atoms. The number of hydrogen-bond donors (Lipinski definition) is 2. The van der Waals surface area contributed by atoms with Crippen LogP contribution in [-0.4, -0.2) is 42.2 Å². The van der Waals surface area contributed by atoms with Crippen LogP contribution in [0.25, 0.3) is 10.8 Å². The van der Waals surface area contributed by atoms with Gasteiger partial charge in [-0.3, -0.25) is 21.2 Å². The van der Waals surface area contributed by atoms with Crippen molar-refractivity contribution in [2.75, 3.05) is 26.2 Å². The molecular weight excluding hydrogens is 264 g/mol. The van der Waals surface area contributed by atoms with Gasteiger partial charge in [-0.2, -0.15) is 0 Å². The Hall–Kier alpha value is -1.53. The molecule has 5 nitrogen and oxygen atoms in total. The molecule has 2 atom stereocenters.